The molecular formula is C15H16N4O. The van der Waals surface area contributed by atoms with Crippen molar-refractivity contribution in [3.63, 3.8) is 0 Å². The van der Waals surface area contributed by atoms with Gasteiger partial charge in [-0.05, 0) is 11.5 Å². The Kier molecular flexibility index (Phi) is 4.16. The first-order chi connectivity index (χ1) is 9.67. The van der Waals surface area contributed by atoms with E-state index in [-0.39, 0.29) is 5.91 Å². The van der Waals surface area contributed by atoms with Crippen molar-refractivity contribution in [2.24, 2.45) is 0 Å². The maximum absolute atomic E-state index is 12.3. The second kappa shape index (κ2) is 6.02. The van der Waals surface area contributed by atoms with Gasteiger partial charge >= 0.3 is 0 Å². The van der Waals surface area contributed by atoms with Crippen LogP contribution in [0.2, 0.25) is 0 Å². The van der Waals surface area contributed by atoms with Crippen LogP contribution in [-0.4, -0.2) is 36.4 Å². The molecule has 1 aromatic heterocycles. The molecule has 0 saturated heterocycles. The van der Waals surface area contributed by atoms with Crippen molar-refractivity contribution in [2.75, 3.05) is 26.0 Å². The molecule has 0 aliphatic carbocycles. The van der Waals surface area contributed by atoms with Crippen LogP contribution in [0.3, 0.4) is 0 Å². The maximum atomic E-state index is 12.3. The van der Waals surface area contributed by atoms with Gasteiger partial charge in [0.2, 0.25) is 0 Å². The summed E-state index contributed by atoms with van der Waals surface area (Å²) in [5.74, 6) is 0.502. The van der Waals surface area contributed by atoms with Crippen LogP contribution in [0.25, 0.3) is 10.8 Å². The van der Waals surface area contributed by atoms with E-state index in [1.807, 2.05) is 30.3 Å². The summed E-state index contributed by atoms with van der Waals surface area (Å²) in [4.78, 5) is 18.2. The van der Waals surface area contributed by atoms with Crippen molar-refractivity contribution in [2.45, 2.75) is 6.42 Å². The molecule has 1 N–H and O–H groups in total. The Balaban J connectivity index is 2.40. The van der Waals surface area contributed by atoms with E-state index in [0.29, 0.717) is 24.5 Å². The van der Waals surface area contributed by atoms with Gasteiger partial charge in [-0.1, -0.05) is 24.3 Å². The van der Waals surface area contributed by atoms with Gasteiger partial charge in [0.05, 0.1) is 12.5 Å². The first-order valence-electron chi connectivity index (χ1n) is 6.37. The van der Waals surface area contributed by atoms with Crippen LogP contribution in [0.15, 0.2) is 30.3 Å². The number of nitrogens with one attached hydrogen (secondary N) is 1. The zero-order chi connectivity index (χ0) is 14.5. The SMILES string of the molecule is CNc1nc(C(=O)N(C)CCC#N)cc2ccccc12. The summed E-state index contributed by atoms with van der Waals surface area (Å²) in [7, 11) is 3.46. The second-order valence-corrected chi connectivity index (χ2v) is 4.46. The van der Waals surface area contributed by atoms with E-state index in [0.717, 1.165) is 10.8 Å². The molecule has 0 aliphatic heterocycles. The number of amides is 1. The molecule has 1 amide bonds. The van der Waals surface area contributed by atoms with Crippen molar-refractivity contribution in [3.8, 4) is 6.07 Å². The Bertz CT molecular complexity index is 675. The molecular weight excluding hydrogens is 252 g/mol. The fourth-order valence-corrected chi connectivity index (χ4v) is 2.01. The van der Waals surface area contributed by atoms with Gasteiger partial charge in [-0.25, -0.2) is 4.98 Å². The van der Waals surface area contributed by atoms with Gasteiger partial charge in [0.25, 0.3) is 5.91 Å². The Hall–Kier alpha value is -2.61. The molecule has 102 valence electrons. The van der Waals surface area contributed by atoms with Crippen LogP contribution in [0.4, 0.5) is 5.82 Å². The summed E-state index contributed by atoms with van der Waals surface area (Å²) in [6.45, 7) is 0.402. The van der Waals surface area contributed by atoms with Crippen molar-refractivity contribution in [1.29, 1.82) is 5.26 Å². The zero-order valence-corrected chi connectivity index (χ0v) is 11.6. The van der Waals surface area contributed by atoms with Crippen LogP contribution >= 0.6 is 0 Å². The molecule has 0 spiro atoms. The van der Waals surface area contributed by atoms with E-state index in [9.17, 15) is 4.79 Å². The average Bonchev–Trinajstić information content (AvgIpc) is 2.50. The molecule has 0 aliphatic rings. The van der Waals surface area contributed by atoms with Crippen LogP contribution in [0.5, 0.6) is 0 Å². The van der Waals surface area contributed by atoms with Crippen molar-refractivity contribution in [1.82, 2.24) is 9.88 Å². The molecule has 5 heteroatoms. The number of hydrogen-bond acceptors (Lipinski definition) is 4. The molecule has 0 saturated carbocycles. The number of nitriles is 1. The van der Waals surface area contributed by atoms with Crippen molar-refractivity contribution < 1.29 is 4.79 Å². The fourth-order valence-electron chi connectivity index (χ4n) is 2.01. The molecule has 2 rings (SSSR count). The summed E-state index contributed by atoms with van der Waals surface area (Å²) >= 11 is 0. The van der Waals surface area contributed by atoms with E-state index in [2.05, 4.69) is 10.3 Å². The van der Waals surface area contributed by atoms with E-state index >= 15 is 0 Å². The quantitative estimate of drug-likeness (QED) is 0.923. The average molecular weight is 268 g/mol. The Morgan fingerprint density at radius 3 is 2.90 bits per heavy atom. The topological polar surface area (TPSA) is 69.0 Å². The third-order valence-corrected chi connectivity index (χ3v) is 3.10. The highest BCUT2D eigenvalue weighted by atomic mass is 16.2. The number of rotatable bonds is 4. The molecule has 0 fully saturated rings. The van der Waals surface area contributed by atoms with Crippen LogP contribution in [0, 0.1) is 11.3 Å². The van der Waals surface area contributed by atoms with Gasteiger partial charge in [0.15, 0.2) is 0 Å². The number of carbonyl (C=O) groups is 1. The molecule has 1 aromatic carbocycles. The number of pyridine rings is 1. The van der Waals surface area contributed by atoms with Gasteiger partial charge < -0.3 is 10.2 Å². The van der Waals surface area contributed by atoms with Gasteiger partial charge in [-0.15, -0.1) is 0 Å². The maximum Gasteiger partial charge on any atom is 0.272 e. The molecule has 2 aromatic rings. The van der Waals surface area contributed by atoms with Gasteiger partial charge in [-0.3, -0.25) is 4.79 Å². The van der Waals surface area contributed by atoms with Gasteiger partial charge in [0, 0.05) is 26.0 Å². The lowest BCUT2D eigenvalue weighted by Crippen LogP contribution is -2.28. The number of nitrogens with zero attached hydrogens (tertiary/aromatic N) is 3. The Morgan fingerprint density at radius 1 is 1.45 bits per heavy atom. The Morgan fingerprint density at radius 2 is 2.20 bits per heavy atom. The summed E-state index contributed by atoms with van der Waals surface area (Å²) in [5, 5.41) is 13.5. The Labute approximate surface area is 117 Å². The lowest BCUT2D eigenvalue weighted by atomic mass is 10.1. The molecule has 20 heavy (non-hydrogen) atoms. The normalized spacial score (nSPS) is 10.1. The van der Waals surface area contributed by atoms with E-state index in [1.54, 1.807) is 20.2 Å². The van der Waals surface area contributed by atoms with Gasteiger partial charge in [-0.2, -0.15) is 5.26 Å². The van der Waals surface area contributed by atoms with E-state index in [1.165, 1.54) is 4.90 Å². The minimum absolute atomic E-state index is 0.178. The highest BCUT2D eigenvalue weighted by Crippen LogP contribution is 2.22. The summed E-state index contributed by atoms with van der Waals surface area (Å²) < 4.78 is 0. The first-order valence-corrected chi connectivity index (χ1v) is 6.37. The summed E-state index contributed by atoms with van der Waals surface area (Å²) in [6.07, 6.45) is 0.314. The highest BCUT2D eigenvalue weighted by Gasteiger charge is 2.15. The van der Waals surface area contributed by atoms with Crippen molar-refractivity contribution in [3.05, 3.63) is 36.0 Å². The van der Waals surface area contributed by atoms with Crippen LogP contribution < -0.4 is 5.32 Å². The number of fused-ring (bicyclic) bond motifs is 1. The molecule has 5 nitrogen and oxygen atoms in total. The van der Waals surface area contributed by atoms with Crippen molar-refractivity contribution >= 4 is 22.5 Å². The van der Waals surface area contributed by atoms with Crippen LogP contribution in [0.1, 0.15) is 16.9 Å². The predicted octanol–water partition coefficient (Wildman–Crippen LogP) is 2.26. The standard InChI is InChI=1S/C15H16N4O/c1-17-14-12-7-4-3-6-11(12)10-13(18-14)15(20)19(2)9-5-8-16/h3-4,6-7,10H,5,9H2,1-2H3,(H,17,18). The van der Waals surface area contributed by atoms with E-state index < -0.39 is 0 Å². The monoisotopic (exact) mass is 268 g/mol. The summed E-state index contributed by atoms with van der Waals surface area (Å²) in [6, 6.07) is 11.6. The van der Waals surface area contributed by atoms with Crippen LogP contribution in [-0.2, 0) is 0 Å². The zero-order valence-electron chi connectivity index (χ0n) is 11.6. The molecule has 0 bridgehead atoms. The van der Waals surface area contributed by atoms with Gasteiger partial charge in [0.1, 0.15) is 11.5 Å². The number of anilines is 1. The third kappa shape index (κ3) is 2.69. The number of benzene rings is 1. The largest absolute Gasteiger partial charge is 0.373 e. The molecule has 1 heterocycles. The highest BCUT2D eigenvalue weighted by molar-refractivity contribution is 6.00. The molecule has 0 atom stereocenters. The smallest absolute Gasteiger partial charge is 0.272 e. The predicted molar refractivity (Wildman–Crippen MR) is 78.5 cm³/mol. The fraction of sp³-hybridized carbons (Fsp3) is 0.267. The number of aromatic nitrogens is 1. The third-order valence-electron chi connectivity index (χ3n) is 3.10. The lowest BCUT2D eigenvalue weighted by Gasteiger charge is -2.16. The first kappa shape index (κ1) is 13.8. The lowest BCUT2D eigenvalue weighted by molar-refractivity contribution is 0.0792. The van der Waals surface area contributed by atoms with E-state index in [4.69, 9.17) is 5.26 Å². The number of carbonyl (C=O) groups excluding carboxylic acids is 1. The molecule has 0 unspecified atom stereocenters. The minimum Gasteiger partial charge on any atom is -0.373 e. The number of hydrogen-bond donors (Lipinski definition) is 1. The molecule has 0 radical (unpaired) electrons. The minimum atomic E-state index is -0.178. The second-order valence-electron chi connectivity index (χ2n) is 4.46. The summed E-state index contributed by atoms with van der Waals surface area (Å²) in [5.41, 5.74) is 0.383.